The smallest absolute Gasteiger partial charge is 0.125 e. The first-order valence-corrected chi connectivity index (χ1v) is 7.02. The molecule has 0 bridgehead atoms. The van der Waals surface area contributed by atoms with E-state index in [0.29, 0.717) is 0 Å². The van der Waals surface area contributed by atoms with Crippen molar-refractivity contribution in [2.75, 3.05) is 26.7 Å². The van der Waals surface area contributed by atoms with E-state index in [1.54, 1.807) is 12.1 Å². The number of fused-ring (bicyclic) bond motifs is 1. The fraction of sp³-hybridized carbons (Fsp3) is 0.600. The third-order valence-electron chi connectivity index (χ3n) is 4.21. The lowest BCUT2D eigenvalue weighted by atomic mass is 9.86. The van der Waals surface area contributed by atoms with E-state index in [1.807, 2.05) is 0 Å². The number of hydrogen-bond acceptors (Lipinski definition) is 3. The van der Waals surface area contributed by atoms with Gasteiger partial charge in [-0.2, -0.15) is 0 Å². The number of likely N-dealkylation sites (N-methyl/N-ethyl adjacent to an activating group) is 1. The Labute approximate surface area is 113 Å². The molecule has 104 valence electrons. The molecule has 2 aliphatic heterocycles. The molecule has 0 saturated carbocycles. The normalized spacial score (nSPS) is 30.4. The molecule has 3 rings (SSSR count). The van der Waals surface area contributed by atoms with Crippen molar-refractivity contribution in [3.63, 3.8) is 0 Å². The van der Waals surface area contributed by atoms with Gasteiger partial charge in [-0.1, -0.05) is 6.92 Å². The number of ether oxygens (including phenoxy) is 1. The summed E-state index contributed by atoms with van der Waals surface area (Å²) in [6, 6.07) is 5.05. The van der Waals surface area contributed by atoms with Gasteiger partial charge in [-0.25, -0.2) is 4.39 Å². The Morgan fingerprint density at radius 3 is 3.05 bits per heavy atom. The predicted molar refractivity (Wildman–Crippen MR) is 72.9 cm³/mol. The van der Waals surface area contributed by atoms with Crippen LogP contribution in [0.3, 0.4) is 0 Å². The lowest BCUT2D eigenvalue weighted by molar-refractivity contribution is 0.0408. The van der Waals surface area contributed by atoms with E-state index in [9.17, 15) is 4.39 Å². The highest BCUT2D eigenvalue weighted by atomic mass is 19.1. The molecule has 4 heteroatoms. The Bertz CT molecular complexity index is 479. The van der Waals surface area contributed by atoms with Crippen molar-refractivity contribution in [1.82, 2.24) is 10.2 Å². The second-order valence-electron chi connectivity index (χ2n) is 5.77. The van der Waals surface area contributed by atoms with Crippen LogP contribution in [-0.4, -0.2) is 37.2 Å². The molecular formula is C15H21FN2O. The zero-order chi connectivity index (χ0) is 13.5. The van der Waals surface area contributed by atoms with Gasteiger partial charge in [-0.05, 0) is 31.8 Å². The molecule has 1 spiro atoms. The number of nitrogens with zero attached hydrogens (tertiary/aromatic N) is 1. The molecule has 0 aromatic heterocycles. The maximum Gasteiger partial charge on any atom is 0.125 e. The van der Waals surface area contributed by atoms with Crippen LogP contribution in [0.2, 0.25) is 0 Å². The maximum atomic E-state index is 13.4. The fourth-order valence-electron chi connectivity index (χ4n) is 3.36. The van der Waals surface area contributed by atoms with Crippen LogP contribution >= 0.6 is 0 Å². The summed E-state index contributed by atoms with van der Waals surface area (Å²) in [4.78, 5) is 2.30. The predicted octanol–water partition coefficient (Wildman–Crippen LogP) is 2.33. The van der Waals surface area contributed by atoms with Gasteiger partial charge in [0.25, 0.3) is 0 Å². The zero-order valence-electron chi connectivity index (χ0n) is 11.6. The van der Waals surface area contributed by atoms with Gasteiger partial charge in [-0.15, -0.1) is 0 Å². The molecule has 19 heavy (non-hydrogen) atoms. The zero-order valence-corrected chi connectivity index (χ0v) is 11.6. The van der Waals surface area contributed by atoms with Crippen molar-refractivity contribution in [2.45, 2.75) is 31.4 Å². The quantitative estimate of drug-likeness (QED) is 0.887. The Hall–Kier alpha value is -1.13. The van der Waals surface area contributed by atoms with Gasteiger partial charge in [0.1, 0.15) is 17.2 Å². The number of benzene rings is 1. The number of halogens is 1. The second-order valence-corrected chi connectivity index (χ2v) is 5.77. The summed E-state index contributed by atoms with van der Waals surface area (Å²) >= 11 is 0. The minimum atomic E-state index is -0.190. The standard InChI is InChI=1S/C15H21FN2O/c1-3-17-13-9-15(6-7-18(2)10-15)19-14-5-4-11(16)8-12(13)14/h4-5,8,13,17H,3,6-7,9-10H2,1-2H3. The van der Waals surface area contributed by atoms with E-state index in [4.69, 9.17) is 4.74 Å². The molecule has 2 unspecified atom stereocenters. The van der Waals surface area contributed by atoms with Crippen LogP contribution in [-0.2, 0) is 0 Å². The minimum Gasteiger partial charge on any atom is -0.485 e. The molecule has 0 aliphatic carbocycles. The molecule has 2 atom stereocenters. The largest absolute Gasteiger partial charge is 0.485 e. The summed E-state index contributed by atoms with van der Waals surface area (Å²) in [6.07, 6.45) is 1.96. The molecule has 0 radical (unpaired) electrons. The number of rotatable bonds is 2. The van der Waals surface area contributed by atoms with Crippen LogP contribution in [0.4, 0.5) is 4.39 Å². The molecule has 1 aromatic rings. The number of nitrogens with one attached hydrogen (secondary N) is 1. The van der Waals surface area contributed by atoms with Crippen LogP contribution in [0.5, 0.6) is 5.75 Å². The first kappa shape index (κ1) is 12.9. The van der Waals surface area contributed by atoms with Crippen molar-refractivity contribution < 1.29 is 9.13 Å². The first-order valence-electron chi connectivity index (χ1n) is 7.02. The Balaban J connectivity index is 1.95. The number of likely N-dealkylation sites (tertiary alicyclic amines) is 1. The van der Waals surface area contributed by atoms with Gasteiger partial charge >= 0.3 is 0 Å². The van der Waals surface area contributed by atoms with Gasteiger partial charge in [-0.3, -0.25) is 0 Å². The Morgan fingerprint density at radius 2 is 2.37 bits per heavy atom. The molecule has 3 nitrogen and oxygen atoms in total. The van der Waals surface area contributed by atoms with Crippen molar-refractivity contribution in [2.24, 2.45) is 0 Å². The summed E-state index contributed by atoms with van der Waals surface area (Å²) in [7, 11) is 2.13. The van der Waals surface area contributed by atoms with Crippen LogP contribution in [0.1, 0.15) is 31.4 Å². The molecule has 1 fully saturated rings. The molecule has 0 amide bonds. The topological polar surface area (TPSA) is 24.5 Å². The Kier molecular flexibility index (Phi) is 3.23. The molecule has 2 heterocycles. The Morgan fingerprint density at radius 1 is 1.53 bits per heavy atom. The third-order valence-corrected chi connectivity index (χ3v) is 4.21. The van der Waals surface area contributed by atoms with Crippen LogP contribution < -0.4 is 10.1 Å². The van der Waals surface area contributed by atoms with Gasteiger partial charge in [0.15, 0.2) is 0 Å². The lowest BCUT2D eigenvalue weighted by Gasteiger charge is -2.40. The van der Waals surface area contributed by atoms with Gasteiger partial charge in [0, 0.05) is 37.5 Å². The first-order chi connectivity index (χ1) is 9.12. The van der Waals surface area contributed by atoms with E-state index in [1.165, 1.54) is 6.07 Å². The van der Waals surface area contributed by atoms with Gasteiger partial charge in [0.2, 0.25) is 0 Å². The average molecular weight is 264 g/mol. The van der Waals surface area contributed by atoms with Crippen LogP contribution in [0.15, 0.2) is 18.2 Å². The minimum absolute atomic E-state index is 0.105. The lowest BCUT2D eigenvalue weighted by Crippen LogP contribution is -2.46. The molecule has 2 aliphatic rings. The fourth-order valence-corrected chi connectivity index (χ4v) is 3.36. The van der Waals surface area contributed by atoms with E-state index in [2.05, 4.69) is 24.2 Å². The molecular weight excluding hydrogens is 243 g/mol. The van der Waals surface area contributed by atoms with Crippen LogP contribution in [0, 0.1) is 5.82 Å². The van der Waals surface area contributed by atoms with E-state index in [0.717, 1.165) is 43.8 Å². The number of hydrogen-bond donors (Lipinski definition) is 1. The van der Waals surface area contributed by atoms with E-state index < -0.39 is 0 Å². The van der Waals surface area contributed by atoms with E-state index >= 15 is 0 Å². The highest BCUT2D eigenvalue weighted by Gasteiger charge is 2.44. The molecule has 1 aromatic carbocycles. The molecule has 1 saturated heterocycles. The maximum absolute atomic E-state index is 13.4. The highest BCUT2D eigenvalue weighted by Crippen LogP contribution is 2.43. The summed E-state index contributed by atoms with van der Waals surface area (Å²) < 4.78 is 19.7. The average Bonchev–Trinajstić information content (AvgIpc) is 2.72. The van der Waals surface area contributed by atoms with Crippen LogP contribution in [0.25, 0.3) is 0 Å². The third kappa shape index (κ3) is 2.35. The van der Waals surface area contributed by atoms with Crippen molar-refractivity contribution in [3.8, 4) is 5.75 Å². The summed E-state index contributed by atoms with van der Waals surface area (Å²) in [5.41, 5.74) is 0.855. The summed E-state index contributed by atoms with van der Waals surface area (Å²) in [6.45, 7) is 4.98. The van der Waals surface area contributed by atoms with Gasteiger partial charge in [0.05, 0.1) is 0 Å². The summed E-state index contributed by atoms with van der Waals surface area (Å²) in [5, 5.41) is 3.47. The van der Waals surface area contributed by atoms with Crippen molar-refractivity contribution in [1.29, 1.82) is 0 Å². The monoisotopic (exact) mass is 264 g/mol. The van der Waals surface area contributed by atoms with Crippen molar-refractivity contribution in [3.05, 3.63) is 29.6 Å². The highest BCUT2D eigenvalue weighted by molar-refractivity contribution is 5.40. The van der Waals surface area contributed by atoms with Crippen molar-refractivity contribution >= 4 is 0 Å². The van der Waals surface area contributed by atoms with E-state index in [-0.39, 0.29) is 17.5 Å². The van der Waals surface area contributed by atoms with Gasteiger partial charge < -0.3 is 15.0 Å². The summed E-state index contributed by atoms with van der Waals surface area (Å²) in [5.74, 6) is 0.652. The SMILES string of the molecule is CCNC1CC2(CCN(C)C2)Oc2ccc(F)cc21. The second kappa shape index (κ2) is 4.76. The molecule has 1 N–H and O–H groups in total.